The highest BCUT2D eigenvalue weighted by molar-refractivity contribution is 5.98. The van der Waals surface area contributed by atoms with E-state index in [1.165, 1.54) is 12.1 Å². The van der Waals surface area contributed by atoms with Crippen LogP contribution in [0.2, 0.25) is 0 Å². The molecule has 1 rings (SSSR count). The fourth-order valence-corrected chi connectivity index (χ4v) is 1.11. The van der Waals surface area contributed by atoms with Crippen molar-refractivity contribution in [3.63, 3.8) is 0 Å². The molecule has 1 amide bonds. The smallest absolute Gasteiger partial charge is 0.277 e. The van der Waals surface area contributed by atoms with Gasteiger partial charge in [0.15, 0.2) is 0 Å². The number of carbonyl (C=O) groups is 1. The van der Waals surface area contributed by atoms with E-state index in [-0.39, 0.29) is 17.9 Å². The zero-order valence-corrected chi connectivity index (χ0v) is 9.44. The van der Waals surface area contributed by atoms with Crippen LogP contribution >= 0.6 is 0 Å². The number of anilines is 1. The van der Waals surface area contributed by atoms with Gasteiger partial charge in [-0.05, 0) is 18.6 Å². The zero-order valence-electron chi connectivity index (χ0n) is 9.44. The van der Waals surface area contributed by atoms with Gasteiger partial charge in [-0.25, -0.2) is 9.87 Å². The molecule has 0 aliphatic carbocycles. The van der Waals surface area contributed by atoms with Crippen LogP contribution in [0.4, 0.5) is 10.1 Å². The van der Waals surface area contributed by atoms with Gasteiger partial charge < -0.3 is 10.8 Å². The molecular formula is C11H15FN2O3. The molecule has 0 aliphatic rings. The largest absolute Gasteiger partial charge is 0.396 e. The first-order valence-corrected chi connectivity index (χ1v) is 5.20. The van der Waals surface area contributed by atoms with E-state index in [1.807, 2.05) is 0 Å². The number of benzene rings is 1. The first-order chi connectivity index (χ1) is 8.06. The van der Waals surface area contributed by atoms with E-state index in [2.05, 4.69) is 5.48 Å². The first kappa shape index (κ1) is 13.4. The number of hydrogen-bond acceptors (Lipinski definition) is 4. The van der Waals surface area contributed by atoms with Crippen LogP contribution in [0.25, 0.3) is 0 Å². The first-order valence-electron chi connectivity index (χ1n) is 5.20. The van der Waals surface area contributed by atoms with E-state index in [9.17, 15) is 14.3 Å². The van der Waals surface area contributed by atoms with Crippen molar-refractivity contribution in [1.82, 2.24) is 5.48 Å². The van der Waals surface area contributed by atoms with Crippen molar-refractivity contribution < 1.29 is 19.1 Å². The van der Waals surface area contributed by atoms with Crippen LogP contribution in [0, 0.1) is 5.82 Å². The summed E-state index contributed by atoms with van der Waals surface area (Å²) in [7, 11) is 0. The molecule has 94 valence electrons. The summed E-state index contributed by atoms with van der Waals surface area (Å²) >= 11 is 0. The van der Waals surface area contributed by atoms with Gasteiger partial charge in [0.05, 0.1) is 17.4 Å². The highest BCUT2D eigenvalue weighted by atomic mass is 19.1. The zero-order chi connectivity index (χ0) is 12.8. The van der Waals surface area contributed by atoms with Crippen molar-refractivity contribution in [2.45, 2.75) is 19.4 Å². The molecule has 5 nitrogen and oxygen atoms in total. The Morgan fingerprint density at radius 2 is 2.35 bits per heavy atom. The summed E-state index contributed by atoms with van der Waals surface area (Å²) in [5.74, 6) is -1.31. The summed E-state index contributed by atoms with van der Waals surface area (Å²) in [6.07, 6.45) is -0.141. The Morgan fingerprint density at radius 1 is 1.65 bits per heavy atom. The molecule has 0 aliphatic heterocycles. The predicted molar refractivity (Wildman–Crippen MR) is 60.5 cm³/mol. The van der Waals surface area contributed by atoms with E-state index in [0.717, 1.165) is 6.07 Å². The van der Waals surface area contributed by atoms with Gasteiger partial charge in [-0.15, -0.1) is 0 Å². The SMILES string of the molecule is CCC(O)CONC(=O)c1cccc(F)c1N. The topological polar surface area (TPSA) is 84.6 Å². The summed E-state index contributed by atoms with van der Waals surface area (Å²) in [5.41, 5.74) is 7.25. The Balaban J connectivity index is 2.56. The molecule has 0 saturated heterocycles. The van der Waals surface area contributed by atoms with E-state index >= 15 is 0 Å². The number of amides is 1. The maximum atomic E-state index is 13.1. The normalized spacial score (nSPS) is 12.2. The number of nitrogens with two attached hydrogens (primary N) is 1. The van der Waals surface area contributed by atoms with E-state index in [1.54, 1.807) is 6.92 Å². The Labute approximate surface area is 98.3 Å². The number of hydrogen-bond donors (Lipinski definition) is 3. The summed E-state index contributed by atoms with van der Waals surface area (Å²) in [6.45, 7) is 1.75. The fourth-order valence-electron chi connectivity index (χ4n) is 1.11. The standard InChI is InChI=1S/C11H15FN2O3/c1-2-7(15)6-17-14-11(16)8-4-3-5-9(12)10(8)13/h3-5,7,15H,2,6,13H2,1H3,(H,14,16). The second-order valence-electron chi connectivity index (χ2n) is 3.51. The maximum Gasteiger partial charge on any atom is 0.277 e. The predicted octanol–water partition coefficient (Wildman–Crippen LogP) is 0.840. The van der Waals surface area contributed by atoms with E-state index < -0.39 is 17.8 Å². The highest BCUT2D eigenvalue weighted by Crippen LogP contribution is 2.15. The minimum Gasteiger partial charge on any atom is -0.396 e. The third kappa shape index (κ3) is 3.69. The Morgan fingerprint density at radius 3 is 3.00 bits per heavy atom. The van der Waals surface area contributed by atoms with Gasteiger partial charge in [0.2, 0.25) is 0 Å². The second kappa shape index (κ2) is 6.17. The van der Waals surface area contributed by atoms with Gasteiger partial charge in [0.1, 0.15) is 12.4 Å². The van der Waals surface area contributed by atoms with Crippen LogP contribution in [0.5, 0.6) is 0 Å². The maximum absolute atomic E-state index is 13.1. The number of nitrogen functional groups attached to an aromatic ring is 1. The average Bonchev–Trinajstić information content (AvgIpc) is 2.32. The lowest BCUT2D eigenvalue weighted by Gasteiger charge is -2.10. The molecule has 4 N–H and O–H groups in total. The molecule has 0 heterocycles. The van der Waals surface area contributed by atoms with Gasteiger partial charge in [-0.3, -0.25) is 9.63 Å². The van der Waals surface area contributed by atoms with Crippen molar-refractivity contribution in [2.75, 3.05) is 12.3 Å². The van der Waals surface area contributed by atoms with Crippen LogP contribution in [0.3, 0.4) is 0 Å². The molecule has 17 heavy (non-hydrogen) atoms. The van der Waals surface area contributed by atoms with Gasteiger partial charge in [0, 0.05) is 0 Å². The third-order valence-electron chi connectivity index (χ3n) is 2.21. The highest BCUT2D eigenvalue weighted by Gasteiger charge is 2.12. The van der Waals surface area contributed by atoms with Gasteiger partial charge in [-0.2, -0.15) is 0 Å². The number of aliphatic hydroxyl groups excluding tert-OH is 1. The molecule has 0 fully saturated rings. The number of hydroxylamine groups is 1. The molecule has 6 heteroatoms. The minimum atomic E-state index is -0.661. The summed E-state index contributed by atoms with van der Waals surface area (Å²) < 4.78 is 13.1. The van der Waals surface area contributed by atoms with Gasteiger partial charge >= 0.3 is 0 Å². The van der Waals surface area contributed by atoms with Crippen LogP contribution < -0.4 is 11.2 Å². The number of nitrogens with one attached hydrogen (secondary N) is 1. The Bertz CT molecular complexity index is 398. The minimum absolute atomic E-state index is 0.00371. The summed E-state index contributed by atoms with van der Waals surface area (Å²) in [5, 5.41) is 9.18. The molecule has 0 spiro atoms. The van der Waals surface area contributed by atoms with Gasteiger partial charge in [0.25, 0.3) is 5.91 Å². The molecule has 0 aromatic heterocycles. The molecule has 1 aromatic carbocycles. The van der Waals surface area contributed by atoms with Crippen LogP contribution in [0.15, 0.2) is 18.2 Å². The number of rotatable bonds is 5. The molecule has 1 aromatic rings. The fraction of sp³-hybridized carbons (Fsp3) is 0.364. The van der Waals surface area contributed by atoms with Crippen LogP contribution in [-0.2, 0) is 4.84 Å². The monoisotopic (exact) mass is 242 g/mol. The number of carbonyl (C=O) groups excluding carboxylic acids is 1. The summed E-state index contributed by atoms with van der Waals surface area (Å²) in [6, 6.07) is 3.92. The van der Waals surface area contributed by atoms with Crippen molar-refractivity contribution >= 4 is 11.6 Å². The van der Waals surface area contributed by atoms with Crippen LogP contribution in [0.1, 0.15) is 23.7 Å². The Kier molecular flexibility index (Phi) is 4.86. The summed E-state index contributed by atoms with van der Waals surface area (Å²) in [4.78, 5) is 16.3. The molecule has 1 atom stereocenters. The van der Waals surface area contributed by atoms with Gasteiger partial charge in [-0.1, -0.05) is 13.0 Å². The molecule has 0 radical (unpaired) electrons. The molecule has 0 bridgehead atoms. The average molecular weight is 242 g/mol. The second-order valence-corrected chi connectivity index (χ2v) is 3.51. The van der Waals surface area contributed by atoms with E-state index in [4.69, 9.17) is 10.6 Å². The molecular weight excluding hydrogens is 227 g/mol. The van der Waals surface area contributed by atoms with Crippen molar-refractivity contribution in [3.05, 3.63) is 29.6 Å². The molecule has 1 unspecified atom stereocenters. The Hall–Kier alpha value is -1.66. The molecule has 0 saturated carbocycles. The number of aliphatic hydroxyl groups is 1. The lowest BCUT2D eigenvalue weighted by molar-refractivity contribution is -0.0133. The lowest BCUT2D eigenvalue weighted by atomic mass is 10.1. The third-order valence-corrected chi connectivity index (χ3v) is 2.21. The number of halogens is 1. The van der Waals surface area contributed by atoms with Crippen molar-refractivity contribution in [3.8, 4) is 0 Å². The van der Waals surface area contributed by atoms with Crippen molar-refractivity contribution in [1.29, 1.82) is 0 Å². The van der Waals surface area contributed by atoms with E-state index in [0.29, 0.717) is 6.42 Å². The lowest BCUT2D eigenvalue weighted by Crippen LogP contribution is -2.28. The van der Waals surface area contributed by atoms with Crippen molar-refractivity contribution in [2.24, 2.45) is 0 Å². The quantitative estimate of drug-likeness (QED) is 0.527. The number of para-hydroxylation sites is 1. The van der Waals surface area contributed by atoms with Crippen LogP contribution in [-0.4, -0.2) is 23.7 Å².